The fourth-order valence-electron chi connectivity index (χ4n) is 1.70. The van der Waals surface area contributed by atoms with Gasteiger partial charge in [-0.15, -0.1) is 0 Å². The summed E-state index contributed by atoms with van der Waals surface area (Å²) in [5, 5.41) is 2.59. The lowest BCUT2D eigenvalue weighted by atomic mass is 10.2. The Morgan fingerprint density at radius 1 is 1.29 bits per heavy atom. The van der Waals surface area contributed by atoms with E-state index >= 15 is 0 Å². The number of rotatable bonds is 4. The molecule has 1 N–H and O–H groups in total. The minimum absolute atomic E-state index is 0.00388. The van der Waals surface area contributed by atoms with Gasteiger partial charge < -0.3 is 14.9 Å². The summed E-state index contributed by atoms with van der Waals surface area (Å²) >= 11 is 0. The van der Waals surface area contributed by atoms with Crippen LogP contribution in [0.15, 0.2) is 42.5 Å². The summed E-state index contributed by atoms with van der Waals surface area (Å²) in [5.74, 6) is -1.03. The molecule has 0 aliphatic rings. The summed E-state index contributed by atoms with van der Waals surface area (Å²) in [6, 6.07) is 9.50. The van der Waals surface area contributed by atoms with Crippen molar-refractivity contribution in [3.8, 4) is 5.75 Å². The molecule has 1 unspecified atom stereocenters. The Morgan fingerprint density at radius 3 is 2.71 bits per heavy atom. The van der Waals surface area contributed by atoms with Crippen LogP contribution in [0.4, 0.5) is 10.1 Å². The molecule has 21 heavy (non-hydrogen) atoms. The van der Waals surface area contributed by atoms with Crippen molar-refractivity contribution >= 4 is 24.9 Å². The molecule has 1 amide bonds. The molecule has 0 aliphatic heterocycles. The number of carbonyl (C=O) groups is 1. The van der Waals surface area contributed by atoms with Gasteiger partial charge in [0.25, 0.3) is 5.91 Å². The Balaban J connectivity index is 2.22. The Morgan fingerprint density at radius 2 is 2.05 bits per heavy atom. The minimum atomic E-state index is -2.76. The average Bonchev–Trinajstić information content (AvgIpc) is 2.49. The van der Waals surface area contributed by atoms with Crippen LogP contribution in [0, 0.1) is 5.82 Å². The summed E-state index contributed by atoms with van der Waals surface area (Å²) in [5.41, 5.74) is 0.533. The summed E-state index contributed by atoms with van der Waals surface area (Å²) in [6.45, 7) is 0. The maximum absolute atomic E-state index is 13.3. The van der Waals surface area contributed by atoms with Crippen molar-refractivity contribution in [3.63, 3.8) is 0 Å². The van der Waals surface area contributed by atoms with E-state index in [1.807, 2.05) is 0 Å². The number of anilines is 1. The second-order valence-corrected chi connectivity index (χ2v) is 5.14. The SMILES string of the molecule is COc1cc(NC(=O)c2cccc([P+](=O)[O-])c2)ccc1F. The number of ether oxygens (including phenoxy) is 1. The summed E-state index contributed by atoms with van der Waals surface area (Å²) in [4.78, 5) is 22.9. The highest BCUT2D eigenvalue weighted by atomic mass is 31.1. The molecule has 0 bridgehead atoms. The topological polar surface area (TPSA) is 78.5 Å². The van der Waals surface area contributed by atoms with Crippen LogP contribution in [0.1, 0.15) is 10.4 Å². The first kappa shape index (κ1) is 15.1. The fraction of sp³-hybridized carbons (Fsp3) is 0.0714. The van der Waals surface area contributed by atoms with E-state index in [0.29, 0.717) is 5.69 Å². The van der Waals surface area contributed by atoms with Crippen molar-refractivity contribution in [1.82, 2.24) is 0 Å². The first-order chi connectivity index (χ1) is 10.0. The standard InChI is InChI=1S/C14H11FNO4P/c1-20-13-8-10(5-6-12(13)15)16-14(17)9-3-2-4-11(7-9)21(18)19/h2-8H,1H3,(H,16,17). The van der Waals surface area contributed by atoms with E-state index < -0.39 is 19.8 Å². The predicted molar refractivity (Wildman–Crippen MR) is 74.6 cm³/mol. The van der Waals surface area contributed by atoms with Crippen molar-refractivity contribution in [2.45, 2.75) is 0 Å². The van der Waals surface area contributed by atoms with Crippen LogP contribution in [0.2, 0.25) is 0 Å². The van der Waals surface area contributed by atoms with E-state index in [1.165, 1.54) is 49.6 Å². The number of amides is 1. The van der Waals surface area contributed by atoms with Gasteiger partial charge in [-0.1, -0.05) is 10.6 Å². The van der Waals surface area contributed by atoms with Crippen molar-refractivity contribution in [2.24, 2.45) is 0 Å². The van der Waals surface area contributed by atoms with Crippen LogP contribution in [0.5, 0.6) is 5.75 Å². The van der Waals surface area contributed by atoms with Gasteiger partial charge in [-0.2, -0.15) is 0 Å². The molecular weight excluding hydrogens is 296 g/mol. The lowest BCUT2D eigenvalue weighted by Gasteiger charge is -2.08. The largest absolute Gasteiger partial charge is 0.591 e. The molecule has 108 valence electrons. The molecule has 7 heteroatoms. The maximum atomic E-state index is 13.3. The van der Waals surface area contributed by atoms with E-state index in [1.54, 1.807) is 0 Å². The van der Waals surface area contributed by atoms with Gasteiger partial charge in [-0.25, -0.2) is 4.39 Å². The van der Waals surface area contributed by atoms with Crippen LogP contribution >= 0.6 is 8.03 Å². The highest BCUT2D eigenvalue weighted by Crippen LogP contribution is 2.22. The molecule has 5 nitrogen and oxygen atoms in total. The minimum Gasteiger partial charge on any atom is -0.591 e. The number of hydrogen-bond donors (Lipinski definition) is 1. The van der Waals surface area contributed by atoms with Crippen LogP contribution < -0.4 is 20.3 Å². The highest BCUT2D eigenvalue weighted by molar-refractivity contribution is 7.45. The molecule has 0 aromatic heterocycles. The third-order valence-electron chi connectivity index (χ3n) is 2.73. The number of nitrogens with one attached hydrogen (secondary N) is 1. The van der Waals surface area contributed by atoms with Gasteiger partial charge in [-0.3, -0.25) is 4.79 Å². The highest BCUT2D eigenvalue weighted by Gasteiger charge is 2.13. The van der Waals surface area contributed by atoms with Crippen molar-refractivity contribution < 1.29 is 23.4 Å². The lowest BCUT2D eigenvalue weighted by molar-refractivity contribution is -0.160. The average molecular weight is 307 g/mol. The normalized spacial score (nSPS) is 10.9. The predicted octanol–water partition coefficient (Wildman–Crippen LogP) is 1.81. The van der Waals surface area contributed by atoms with Gasteiger partial charge >= 0.3 is 8.03 Å². The monoisotopic (exact) mass is 307 g/mol. The fourth-order valence-corrected chi connectivity index (χ4v) is 2.15. The molecular formula is C14H11FNO4P. The van der Waals surface area contributed by atoms with Crippen molar-refractivity contribution in [1.29, 1.82) is 0 Å². The number of halogens is 1. The molecule has 0 fully saturated rings. The van der Waals surface area contributed by atoms with Gasteiger partial charge in [0.2, 0.25) is 0 Å². The number of benzene rings is 2. The molecule has 0 heterocycles. The van der Waals surface area contributed by atoms with E-state index in [9.17, 15) is 18.6 Å². The second-order valence-electron chi connectivity index (χ2n) is 4.11. The third-order valence-corrected chi connectivity index (χ3v) is 3.43. The summed E-state index contributed by atoms with van der Waals surface area (Å²) in [6.07, 6.45) is 0. The Labute approximate surface area is 121 Å². The molecule has 2 aromatic rings. The van der Waals surface area contributed by atoms with Crippen LogP contribution in [-0.2, 0) is 4.57 Å². The van der Waals surface area contributed by atoms with E-state index in [2.05, 4.69) is 5.32 Å². The second kappa shape index (κ2) is 6.43. The molecule has 0 saturated heterocycles. The zero-order valence-corrected chi connectivity index (χ0v) is 11.9. The van der Waals surface area contributed by atoms with Crippen molar-refractivity contribution in [3.05, 3.63) is 53.8 Å². The van der Waals surface area contributed by atoms with E-state index in [4.69, 9.17) is 4.74 Å². The van der Waals surface area contributed by atoms with Gasteiger partial charge in [0.1, 0.15) is 0 Å². The maximum Gasteiger partial charge on any atom is 0.348 e. The Bertz CT molecular complexity index is 705. The molecule has 1 atom stereocenters. The van der Waals surface area contributed by atoms with E-state index in [-0.39, 0.29) is 16.6 Å². The van der Waals surface area contributed by atoms with E-state index in [0.717, 1.165) is 0 Å². The smallest absolute Gasteiger partial charge is 0.348 e. The number of hydrogen-bond acceptors (Lipinski definition) is 4. The van der Waals surface area contributed by atoms with Crippen LogP contribution in [-0.4, -0.2) is 13.0 Å². The summed E-state index contributed by atoms with van der Waals surface area (Å²) in [7, 11) is -1.44. The van der Waals surface area contributed by atoms with Crippen molar-refractivity contribution in [2.75, 3.05) is 12.4 Å². The molecule has 0 saturated carbocycles. The molecule has 0 aliphatic carbocycles. The molecule has 2 rings (SSSR count). The molecule has 0 spiro atoms. The number of methoxy groups -OCH3 is 1. The zero-order chi connectivity index (χ0) is 15.4. The van der Waals surface area contributed by atoms with Gasteiger partial charge in [-0.05, 0) is 24.3 Å². The molecule has 0 radical (unpaired) electrons. The van der Waals surface area contributed by atoms with Crippen LogP contribution in [0.25, 0.3) is 0 Å². The molecule has 2 aromatic carbocycles. The Kier molecular flexibility index (Phi) is 4.62. The quantitative estimate of drug-likeness (QED) is 0.874. The van der Waals surface area contributed by atoms with Gasteiger partial charge in [0, 0.05) is 23.4 Å². The first-order valence-electron chi connectivity index (χ1n) is 5.90. The lowest BCUT2D eigenvalue weighted by Crippen LogP contribution is -2.15. The summed E-state index contributed by atoms with van der Waals surface area (Å²) < 4.78 is 29.0. The van der Waals surface area contributed by atoms with Gasteiger partial charge in [0.05, 0.1) is 7.11 Å². The third kappa shape index (κ3) is 3.62. The zero-order valence-electron chi connectivity index (χ0n) is 11.0. The first-order valence-corrected chi connectivity index (χ1v) is 7.08. The number of carbonyl (C=O) groups excluding carboxylic acids is 1. The van der Waals surface area contributed by atoms with Gasteiger partial charge in [0.15, 0.2) is 16.9 Å². The van der Waals surface area contributed by atoms with Crippen LogP contribution in [0.3, 0.4) is 0 Å². The Hall–Kier alpha value is -2.30.